The van der Waals surface area contributed by atoms with E-state index in [0.717, 1.165) is 28.0 Å². The summed E-state index contributed by atoms with van der Waals surface area (Å²) in [6.07, 6.45) is 0.318. The number of aryl methyl sites for hydroxylation is 4. The second kappa shape index (κ2) is 8.05. The average Bonchev–Trinajstić information content (AvgIpc) is 3.07. The molecule has 0 spiro atoms. The maximum Gasteiger partial charge on any atom is 0.243 e. The van der Waals surface area contributed by atoms with Gasteiger partial charge in [0.05, 0.1) is 17.2 Å². The molecule has 5 nitrogen and oxygen atoms in total. The number of oxime groups is 1. The third kappa shape index (κ3) is 4.13. The summed E-state index contributed by atoms with van der Waals surface area (Å²) in [6.45, 7) is 10.2. The van der Waals surface area contributed by atoms with Crippen molar-refractivity contribution >= 4 is 15.7 Å². The highest BCUT2D eigenvalue weighted by molar-refractivity contribution is 7.89. The van der Waals surface area contributed by atoms with E-state index in [1.54, 1.807) is 0 Å². The lowest BCUT2D eigenvalue weighted by atomic mass is 10.0. The lowest BCUT2D eigenvalue weighted by molar-refractivity contribution is 0.0712. The van der Waals surface area contributed by atoms with Crippen molar-refractivity contribution in [3.8, 4) is 0 Å². The molecule has 2 aromatic rings. The highest BCUT2D eigenvalue weighted by Crippen LogP contribution is 2.27. The Morgan fingerprint density at radius 2 is 1.64 bits per heavy atom. The average molecular weight is 401 g/mol. The van der Waals surface area contributed by atoms with Gasteiger partial charge in [-0.05, 0) is 44.4 Å². The van der Waals surface area contributed by atoms with Gasteiger partial charge in [-0.3, -0.25) is 0 Å². The monoisotopic (exact) mass is 400 g/mol. The van der Waals surface area contributed by atoms with Crippen LogP contribution in [0.3, 0.4) is 0 Å². The fourth-order valence-electron chi connectivity index (χ4n) is 3.77. The first-order chi connectivity index (χ1) is 13.2. The Labute approximate surface area is 168 Å². The van der Waals surface area contributed by atoms with Crippen molar-refractivity contribution in [1.29, 1.82) is 0 Å². The molecule has 1 unspecified atom stereocenters. The number of hydrogen-bond acceptors (Lipinski definition) is 4. The van der Waals surface area contributed by atoms with Crippen LogP contribution in [-0.2, 0) is 14.9 Å². The van der Waals surface area contributed by atoms with Crippen LogP contribution in [-0.4, -0.2) is 37.6 Å². The van der Waals surface area contributed by atoms with Gasteiger partial charge in [0.15, 0.2) is 0 Å². The SMILES string of the molecule is CCN(CC1CC(c2ccc(C)cc2)=NO1)S(=O)(=O)c1c(C)cc(C)cc1C. The zero-order chi connectivity index (χ0) is 20.5. The van der Waals surface area contributed by atoms with Gasteiger partial charge in [0, 0.05) is 13.0 Å². The first-order valence-corrected chi connectivity index (χ1v) is 11.0. The van der Waals surface area contributed by atoms with Gasteiger partial charge < -0.3 is 4.84 Å². The molecule has 0 radical (unpaired) electrons. The molecule has 1 aliphatic heterocycles. The predicted molar refractivity (Wildman–Crippen MR) is 112 cm³/mol. The van der Waals surface area contributed by atoms with Crippen LogP contribution in [0.5, 0.6) is 0 Å². The summed E-state index contributed by atoms with van der Waals surface area (Å²) in [5.74, 6) is 0. The molecule has 0 bridgehead atoms. The molecule has 150 valence electrons. The second-order valence-corrected chi connectivity index (χ2v) is 9.39. The highest BCUT2D eigenvalue weighted by atomic mass is 32.2. The fraction of sp³-hybridized carbons (Fsp3) is 0.409. The lowest BCUT2D eigenvalue weighted by Crippen LogP contribution is -2.38. The van der Waals surface area contributed by atoms with Crippen molar-refractivity contribution in [2.45, 2.75) is 52.0 Å². The van der Waals surface area contributed by atoms with Crippen LogP contribution in [0.2, 0.25) is 0 Å². The number of nitrogens with zero attached hydrogens (tertiary/aromatic N) is 2. The summed E-state index contributed by atoms with van der Waals surface area (Å²) in [4.78, 5) is 5.98. The molecule has 0 saturated carbocycles. The molecule has 1 atom stereocenters. The predicted octanol–water partition coefficient (Wildman–Crippen LogP) is 4.12. The van der Waals surface area contributed by atoms with Crippen LogP contribution in [0.1, 0.15) is 41.2 Å². The van der Waals surface area contributed by atoms with E-state index in [4.69, 9.17) is 4.84 Å². The smallest absolute Gasteiger partial charge is 0.243 e. The second-order valence-electron chi connectivity index (χ2n) is 7.52. The molecule has 0 aliphatic carbocycles. The Morgan fingerprint density at radius 3 is 2.21 bits per heavy atom. The molecule has 3 rings (SSSR count). The summed E-state index contributed by atoms with van der Waals surface area (Å²) in [7, 11) is -3.60. The molecule has 1 aliphatic rings. The Bertz CT molecular complexity index is 972. The first kappa shape index (κ1) is 20.6. The summed E-state index contributed by atoms with van der Waals surface area (Å²) in [5.41, 5.74) is 5.68. The number of rotatable bonds is 6. The van der Waals surface area contributed by atoms with Gasteiger partial charge in [-0.15, -0.1) is 0 Å². The molecule has 0 N–H and O–H groups in total. The molecule has 6 heteroatoms. The van der Waals surface area contributed by atoms with Crippen molar-refractivity contribution < 1.29 is 13.3 Å². The molecule has 0 saturated heterocycles. The number of likely N-dealkylation sites (N-methyl/N-ethyl adjacent to an activating group) is 1. The van der Waals surface area contributed by atoms with Crippen molar-refractivity contribution in [2.75, 3.05) is 13.1 Å². The summed E-state index contributed by atoms with van der Waals surface area (Å²) in [6, 6.07) is 11.9. The van der Waals surface area contributed by atoms with E-state index in [2.05, 4.69) is 5.16 Å². The van der Waals surface area contributed by atoms with Crippen molar-refractivity contribution in [3.63, 3.8) is 0 Å². The van der Waals surface area contributed by atoms with Gasteiger partial charge in [-0.25, -0.2) is 8.42 Å². The Morgan fingerprint density at radius 1 is 1.04 bits per heavy atom. The van der Waals surface area contributed by atoms with Gasteiger partial charge in [-0.1, -0.05) is 59.6 Å². The van der Waals surface area contributed by atoms with Crippen LogP contribution in [0.15, 0.2) is 46.4 Å². The van der Waals surface area contributed by atoms with Crippen molar-refractivity contribution in [1.82, 2.24) is 4.31 Å². The molecule has 0 fully saturated rings. The Balaban J connectivity index is 1.77. The summed E-state index contributed by atoms with van der Waals surface area (Å²) in [5, 5.41) is 4.20. The number of benzene rings is 2. The number of sulfonamides is 1. The van der Waals surface area contributed by atoms with Crippen LogP contribution in [0.25, 0.3) is 0 Å². The maximum atomic E-state index is 13.3. The number of hydrogen-bond donors (Lipinski definition) is 0. The Kier molecular flexibility index (Phi) is 5.91. The first-order valence-electron chi connectivity index (χ1n) is 9.60. The molecule has 1 heterocycles. The zero-order valence-corrected chi connectivity index (χ0v) is 18.0. The van der Waals surface area contributed by atoms with E-state index in [1.807, 2.05) is 71.0 Å². The molecule has 2 aromatic carbocycles. The van der Waals surface area contributed by atoms with Crippen LogP contribution in [0.4, 0.5) is 0 Å². The van der Waals surface area contributed by atoms with E-state index in [-0.39, 0.29) is 12.6 Å². The minimum atomic E-state index is -3.60. The minimum Gasteiger partial charge on any atom is -0.390 e. The topological polar surface area (TPSA) is 59.0 Å². The minimum absolute atomic E-state index is 0.280. The van der Waals surface area contributed by atoms with Crippen molar-refractivity contribution in [2.24, 2.45) is 5.16 Å². The van der Waals surface area contributed by atoms with E-state index in [9.17, 15) is 8.42 Å². The normalized spacial score (nSPS) is 16.9. The van der Waals surface area contributed by atoms with E-state index < -0.39 is 10.0 Å². The van der Waals surface area contributed by atoms with Gasteiger partial charge in [0.1, 0.15) is 6.10 Å². The van der Waals surface area contributed by atoms with Crippen LogP contribution in [0, 0.1) is 27.7 Å². The van der Waals surface area contributed by atoms with E-state index in [0.29, 0.717) is 17.9 Å². The molecular weight excluding hydrogens is 372 g/mol. The van der Waals surface area contributed by atoms with Gasteiger partial charge in [0.25, 0.3) is 0 Å². The molecule has 0 amide bonds. The van der Waals surface area contributed by atoms with Crippen LogP contribution >= 0.6 is 0 Å². The summed E-state index contributed by atoms with van der Waals surface area (Å²) < 4.78 is 28.1. The molecule has 28 heavy (non-hydrogen) atoms. The van der Waals surface area contributed by atoms with Gasteiger partial charge in [-0.2, -0.15) is 4.31 Å². The van der Waals surface area contributed by atoms with Crippen LogP contribution < -0.4 is 0 Å². The largest absolute Gasteiger partial charge is 0.390 e. The molecule has 0 aromatic heterocycles. The van der Waals surface area contributed by atoms with E-state index >= 15 is 0 Å². The summed E-state index contributed by atoms with van der Waals surface area (Å²) >= 11 is 0. The lowest BCUT2D eigenvalue weighted by Gasteiger charge is -2.24. The van der Waals surface area contributed by atoms with E-state index in [1.165, 1.54) is 9.87 Å². The van der Waals surface area contributed by atoms with Gasteiger partial charge in [0.2, 0.25) is 10.0 Å². The quantitative estimate of drug-likeness (QED) is 0.733. The highest BCUT2D eigenvalue weighted by Gasteiger charge is 2.32. The van der Waals surface area contributed by atoms with Crippen molar-refractivity contribution in [3.05, 3.63) is 64.2 Å². The molecular formula is C22H28N2O3S. The third-order valence-electron chi connectivity index (χ3n) is 5.08. The third-order valence-corrected chi connectivity index (χ3v) is 7.33. The Hall–Kier alpha value is -2.18. The maximum absolute atomic E-state index is 13.3. The zero-order valence-electron chi connectivity index (χ0n) is 17.2. The standard InChI is InChI=1S/C22H28N2O3S/c1-6-24(28(25,26)22-17(4)11-16(3)12-18(22)5)14-20-13-21(23-27-20)19-9-7-15(2)8-10-19/h7-12,20H,6,13-14H2,1-5H3. The van der Waals surface area contributed by atoms with Gasteiger partial charge >= 0.3 is 0 Å². The fourth-order valence-corrected chi connectivity index (χ4v) is 5.66.